The molecule has 1 fully saturated rings. The van der Waals surface area contributed by atoms with Crippen LogP contribution in [0.2, 0.25) is 0 Å². The number of carbonyl (C=O) groups is 1. The van der Waals surface area contributed by atoms with Gasteiger partial charge in [-0.3, -0.25) is 0 Å². The molecule has 0 spiro atoms. The number of nitrogens with one attached hydrogen (secondary N) is 1. The Balaban J connectivity index is 2.22. The summed E-state index contributed by atoms with van der Waals surface area (Å²) >= 11 is 3.46. The summed E-state index contributed by atoms with van der Waals surface area (Å²) in [6.07, 6.45) is 3.98. The fourth-order valence-corrected chi connectivity index (χ4v) is 2.99. The van der Waals surface area contributed by atoms with Crippen molar-refractivity contribution >= 4 is 21.9 Å². The number of methoxy groups -OCH3 is 1. The van der Waals surface area contributed by atoms with E-state index in [9.17, 15) is 4.79 Å². The molecule has 0 radical (unpaired) electrons. The summed E-state index contributed by atoms with van der Waals surface area (Å²) < 4.78 is 11.8. The Morgan fingerprint density at radius 2 is 2.00 bits per heavy atom. The lowest BCUT2D eigenvalue weighted by atomic mass is 9.84. The summed E-state index contributed by atoms with van der Waals surface area (Å²) in [6, 6.07) is 8.18. The van der Waals surface area contributed by atoms with E-state index in [1.807, 2.05) is 12.1 Å². The molecule has 4 nitrogen and oxygen atoms in total. The second-order valence-corrected chi connectivity index (χ2v) is 6.24. The number of rotatable bonds is 4. The molecule has 0 bridgehead atoms. The standard InChI is InChI=1S/C16H22BrNO3/c1-20-15(19)12-21-16(8-2-3-10-18-11-9-16)13-4-6-14(17)7-5-13/h4-7,18H,2-3,8-12H2,1H3. The van der Waals surface area contributed by atoms with Gasteiger partial charge in [0.1, 0.15) is 6.61 Å². The minimum atomic E-state index is -0.414. The number of halogens is 1. The smallest absolute Gasteiger partial charge is 0.331 e. The van der Waals surface area contributed by atoms with E-state index in [0.717, 1.165) is 48.8 Å². The molecule has 0 aliphatic carbocycles. The van der Waals surface area contributed by atoms with Crippen LogP contribution >= 0.6 is 15.9 Å². The van der Waals surface area contributed by atoms with Crippen molar-refractivity contribution in [3.8, 4) is 0 Å². The van der Waals surface area contributed by atoms with Crippen molar-refractivity contribution in [2.45, 2.75) is 31.3 Å². The Kier molecular flexibility index (Phi) is 6.21. The normalized spacial score (nSPS) is 23.1. The van der Waals surface area contributed by atoms with Crippen molar-refractivity contribution in [3.05, 3.63) is 34.3 Å². The molecular formula is C16H22BrNO3. The summed E-state index contributed by atoms with van der Waals surface area (Å²) in [5, 5.41) is 3.42. The first kappa shape index (κ1) is 16.5. The van der Waals surface area contributed by atoms with E-state index in [4.69, 9.17) is 9.47 Å². The number of hydrogen-bond acceptors (Lipinski definition) is 4. The zero-order valence-electron chi connectivity index (χ0n) is 12.4. The topological polar surface area (TPSA) is 47.6 Å². The molecule has 1 aromatic carbocycles. The van der Waals surface area contributed by atoms with Crippen LogP contribution in [0, 0.1) is 0 Å². The highest BCUT2D eigenvalue weighted by atomic mass is 79.9. The number of esters is 1. The zero-order valence-corrected chi connectivity index (χ0v) is 13.9. The molecule has 1 aliphatic heterocycles. The van der Waals surface area contributed by atoms with E-state index in [-0.39, 0.29) is 12.6 Å². The number of carbonyl (C=O) groups excluding carboxylic acids is 1. The van der Waals surface area contributed by atoms with E-state index in [0.29, 0.717) is 0 Å². The minimum Gasteiger partial charge on any atom is -0.467 e. The molecule has 1 saturated heterocycles. The summed E-state index contributed by atoms with van der Waals surface area (Å²) in [7, 11) is 1.39. The van der Waals surface area contributed by atoms with E-state index < -0.39 is 5.60 Å². The lowest BCUT2D eigenvalue weighted by Gasteiger charge is -2.36. The van der Waals surface area contributed by atoms with Crippen molar-refractivity contribution in [1.82, 2.24) is 5.32 Å². The highest BCUT2D eigenvalue weighted by Crippen LogP contribution is 2.36. The van der Waals surface area contributed by atoms with Gasteiger partial charge in [0.2, 0.25) is 0 Å². The molecule has 0 saturated carbocycles. The van der Waals surface area contributed by atoms with Gasteiger partial charge in [0, 0.05) is 4.47 Å². The maximum atomic E-state index is 11.5. The number of ether oxygens (including phenoxy) is 2. The van der Waals surface area contributed by atoms with Crippen molar-refractivity contribution in [3.63, 3.8) is 0 Å². The van der Waals surface area contributed by atoms with Gasteiger partial charge >= 0.3 is 5.97 Å². The predicted molar refractivity (Wildman–Crippen MR) is 85.1 cm³/mol. The van der Waals surface area contributed by atoms with Crippen molar-refractivity contribution in [1.29, 1.82) is 0 Å². The van der Waals surface area contributed by atoms with Crippen LogP contribution in [0.3, 0.4) is 0 Å². The molecule has 1 atom stereocenters. The molecule has 116 valence electrons. The van der Waals surface area contributed by atoms with Gasteiger partial charge in [-0.1, -0.05) is 28.1 Å². The van der Waals surface area contributed by atoms with Gasteiger partial charge in [0.15, 0.2) is 0 Å². The minimum absolute atomic E-state index is 0.00738. The fraction of sp³-hybridized carbons (Fsp3) is 0.562. The van der Waals surface area contributed by atoms with Gasteiger partial charge in [0.25, 0.3) is 0 Å². The van der Waals surface area contributed by atoms with Gasteiger partial charge in [-0.05, 0) is 56.5 Å². The first-order valence-corrected chi connectivity index (χ1v) is 8.13. The highest BCUT2D eigenvalue weighted by molar-refractivity contribution is 9.10. The van der Waals surface area contributed by atoms with Crippen LogP contribution in [0.4, 0.5) is 0 Å². The third-order valence-corrected chi connectivity index (χ3v) is 4.48. The maximum absolute atomic E-state index is 11.5. The van der Waals surface area contributed by atoms with Crippen LogP contribution in [0.5, 0.6) is 0 Å². The van der Waals surface area contributed by atoms with Crippen LogP contribution < -0.4 is 5.32 Å². The van der Waals surface area contributed by atoms with E-state index in [1.54, 1.807) is 0 Å². The molecule has 2 rings (SSSR count). The second kappa shape index (κ2) is 7.92. The lowest BCUT2D eigenvalue weighted by Crippen LogP contribution is -2.37. The quantitative estimate of drug-likeness (QED) is 0.843. The molecule has 1 N–H and O–H groups in total. The van der Waals surface area contributed by atoms with E-state index in [1.165, 1.54) is 7.11 Å². The van der Waals surface area contributed by atoms with Crippen molar-refractivity contribution in [2.24, 2.45) is 0 Å². The summed E-state index contributed by atoms with van der Waals surface area (Å²) in [4.78, 5) is 11.5. The van der Waals surface area contributed by atoms with Gasteiger partial charge < -0.3 is 14.8 Å². The summed E-state index contributed by atoms with van der Waals surface area (Å²) in [5.41, 5.74) is 0.709. The van der Waals surface area contributed by atoms with Crippen LogP contribution in [0.1, 0.15) is 31.2 Å². The van der Waals surface area contributed by atoms with Crippen LogP contribution in [0.15, 0.2) is 28.7 Å². The monoisotopic (exact) mass is 355 g/mol. The third kappa shape index (κ3) is 4.53. The Labute approximate surface area is 134 Å². The molecule has 1 aromatic rings. The molecule has 1 aliphatic rings. The highest BCUT2D eigenvalue weighted by Gasteiger charge is 2.34. The molecule has 1 unspecified atom stereocenters. The van der Waals surface area contributed by atoms with Gasteiger partial charge in [-0.15, -0.1) is 0 Å². The van der Waals surface area contributed by atoms with Crippen LogP contribution in [-0.4, -0.2) is 32.8 Å². The third-order valence-electron chi connectivity index (χ3n) is 3.95. The fourth-order valence-electron chi connectivity index (χ4n) is 2.73. The predicted octanol–water partition coefficient (Wildman–Crippen LogP) is 3.00. The maximum Gasteiger partial charge on any atom is 0.331 e. The largest absolute Gasteiger partial charge is 0.467 e. The second-order valence-electron chi connectivity index (χ2n) is 5.32. The summed E-state index contributed by atoms with van der Waals surface area (Å²) in [6.45, 7) is 1.93. The molecular weight excluding hydrogens is 334 g/mol. The first-order valence-electron chi connectivity index (χ1n) is 7.34. The molecule has 0 amide bonds. The van der Waals surface area contributed by atoms with Gasteiger partial charge in [-0.2, -0.15) is 0 Å². The Hall–Kier alpha value is -0.910. The molecule has 1 heterocycles. The average Bonchev–Trinajstić information content (AvgIpc) is 2.47. The summed E-state index contributed by atoms with van der Waals surface area (Å²) in [5.74, 6) is -0.332. The Bertz CT molecular complexity index is 453. The van der Waals surface area contributed by atoms with Gasteiger partial charge in [0.05, 0.1) is 12.7 Å². The Morgan fingerprint density at radius 3 is 2.71 bits per heavy atom. The van der Waals surface area contributed by atoms with Crippen molar-refractivity contribution in [2.75, 3.05) is 26.8 Å². The zero-order chi connectivity index (χ0) is 15.1. The first-order chi connectivity index (χ1) is 10.2. The van der Waals surface area contributed by atoms with Gasteiger partial charge in [-0.25, -0.2) is 4.79 Å². The lowest BCUT2D eigenvalue weighted by molar-refractivity contribution is -0.155. The Morgan fingerprint density at radius 1 is 1.24 bits per heavy atom. The molecule has 21 heavy (non-hydrogen) atoms. The average molecular weight is 356 g/mol. The van der Waals surface area contributed by atoms with Crippen LogP contribution in [-0.2, 0) is 19.9 Å². The molecule has 0 aromatic heterocycles. The SMILES string of the molecule is COC(=O)COC1(c2ccc(Br)cc2)CCCCNCC1. The van der Waals surface area contributed by atoms with E-state index >= 15 is 0 Å². The number of hydrogen-bond donors (Lipinski definition) is 1. The van der Waals surface area contributed by atoms with Crippen LogP contribution in [0.25, 0.3) is 0 Å². The number of benzene rings is 1. The van der Waals surface area contributed by atoms with E-state index in [2.05, 4.69) is 33.4 Å². The molecule has 5 heteroatoms. The van der Waals surface area contributed by atoms with Crippen molar-refractivity contribution < 1.29 is 14.3 Å².